The fourth-order valence-electron chi connectivity index (χ4n) is 2.45. The highest BCUT2D eigenvalue weighted by Gasteiger charge is 2.14. The zero-order valence-electron chi connectivity index (χ0n) is 11.3. The Morgan fingerprint density at radius 1 is 1.17 bits per heavy atom. The molecule has 0 aliphatic carbocycles. The van der Waals surface area contributed by atoms with E-state index in [1.807, 2.05) is 12.1 Å². The molecule has 1 aromatic carbocycles. The van der Waals surface area contributed by atoms with Gasteiger partial charge in [0.15, 0.2) is 0 Å². The summed E-state index contributed by atoms with van der Waals surface area (Å²) >= 11 is 0. The summed E-state index contributed by atoms with van der Waals surface area (Å²) in [6, 6.07) is 6.07. The molecule has 0 atom stereocenters. The van der Waals surface area contributed by atoms with Crippen molar-refractivity contribution in [3.05, 3.63) is 23.8 Å². The van der Waals surface area contributed by atoms with Crippen LogP contribution in [-0.4, -0.2) is 27.4 Å². The van der Waals surface area contributed by atoms with Gasteiger partial charge in [-0.05, 0) is 43.2 Å². The second-order valence-corrected chi connectivity index (χ2v) is 4.77. The smallest absolute Gasteiger partial charge is 0.125 e. The number of hydrogen-bond acceptors (Lipinski definition) is 3. The van der Waals surface area contributed by atoms with Crippen LogP contribution in [0.3, 0.4) is 0 Å². The van der Waals surface area contributed by atoms with Gasteiger partial charge in [0.2, 0.25) is 0 Å². The Kier molecular flexibility index (Phi) is 4.88. The molecule has 0 saturated carbocycles. The molecule has 1 saturated heterocycles. The molecule has 0 radical (unpaired) electrons. The van der Waals surface area contributed by atoms with Crippen molar-refractivity contribution < 1.29 is 14.2 Å². The number of rotatable bonds is 5. The van der Waals surface area contributed by atoms with E-state index in [1.54, 1.807) is 14.2 Å². The molecule has 1 fully saturated rings. The van der Waals surface area contributed by atoms with Crippen molar-refractivity contribution in [2.75, 3.05) is 27.4 Å². The second-order valence-electron chi connectivity index (χ2n) is 4.77. The lowest BCUT2D eigenvalue weighted by atomic mass is 9.92. The standard InChI is InChI=1S/C15H22O3/c1-16-14-6-5-13(15(11-14)17-2)4-3-12-7-9-18-10-8-12/h5-6,11-12H,3-4,7-10H2,1-2H3. The molecule has 0 bridgehead atoms. The van der Waals surface area contributed by atoms with Crippen LogP contribution in [0.25, 0.3) is 0 Å². The summed E-state index contributed by atoms with van der Waals surface area (Å²) in [6.07, 6.45) is 4.67. The van der Waals surface area contributed by atoms with Crippen LogP contribution in [0.4, 0.5) is 0 Å². The molecule has 0 amide bonds. The molecule has 1 aliphatic heterocycles. The fourth-order valence-corrected chi connectivity index (χ4v) is 2.45. The lowest BCUT2D eigenvalue weighted by Crippen LogP contribution is -2.16. The lowest BCUT2D eigenvalue weighted by Gasteiger charge is -2.22. The minimum Gasteiger partial charge on any atom is -0.497 e. The maximum atomic E-state index is 5.42. The van der Waals surface area contributed by atoms with E-state index < -0.39 is 0 Å². The minimum absolute atomic E-state index is 0.797. The summed E-state index contributed by atoms with van der Waals surface area (Å²) in [7, 11) is 3.39. The Labute approximate surface area is 109 Å². The van der Waals surface area contributed by atoms with Crippen LogP contribution in [0.1, 0.15) is 24.8 Å². The van der Waals surface area contributed by atoms with Gasteiger partial charge < -0.3 is 14.2 Å². The van der Waals surface area contributed by atoms with Gasteiger partial charge >= 0.3 is 0 Å². The van der Waals surface area contributed by atoms with Crippen LogP contribution in [0.2, 0.25) is 0 Å². The maximum absolute atomic E-state index is 5.42. The molecule has 0 unspecified atom stereocenters. The summed E-state index contributed by atoms with van der Waals surface area (Å²) in [5.41, 5.74) is 1.27. The van der Waals surface area contributed by atoms with Gasteiger partial charge in [-0.15, -0.1) is 0 Å². The molecule has 0 aromatic heterocycles. The molecule has 100 valence electrons. The Balaban J connectivity index is 1.95. The summed E-state index contributed by atoms with van der Waals surface area (Å²) in [5, 5.41) is 0. The Bertz CT molecular complexity index is 370. The van der Waals surface area contributed by atoms with Gasteiger partial charge in [0.1, 0.15) is 11.5 Å². The molecule has 0 spiro atoms. The zero-order valence-corrected chi connectivity index (χ0v) is 11.3. The normalized spacial score (nSPS) is 16.6. The summed E-state index contributed by atoms with van der Waals surface area (Å²) in [6.45, 7) is 1.84. The van der Waals surface area contributed by atoms with Crippen LogP contribution < -0.4 is 9.47 Å². The number of hydrogen-bond donors (Lipinski definition) is 0. The van der Waals surface area contributed by atoms with Gasteiger partial charge in [0.05, 0.1) is 14.2 Å². The van der Waals surface area contributed by atoms with E-state index in [4.69, 9.17) is 14.2 Å². The van der Waals surface area contributed by atoms with Gasteiger partial charge in [-0.2, -0.15) is 0 Å². The van der Waals surface area contributed by atoms with Crippen LogP contribution in [0.15, 0.2) is 18.2 Å². The van der Waals surface area contributed by atoms with Crippen LogP contribution in [0.5, 0.6) is 11.5 Å². The number of aryl methyl sites for hydroxylation is 1. The third-order valence-electron chi connectivity index (χ3n) is 3.66. The van der Waals surface area contributed by atoms with Crippen molar-refractivity contribution in [1.82, 2.24) is 0 Å². The van der Waals surface area contributed by atoms with Crippen molar-refractivity contribution in [2.24, 2.45) is 5.92 Å². The Hall–Kier alpha value is -1.22. The number of benzene rings is 1. The number of ether oxygens (including phenoxy) is 3. The van der Waals surface area contributed by atoms with Crippen molar-refractivity contribution in [3.63, 3.8) is 0 Å². The Morgan fingerprint density at radius 3 is 2.61 bits per heavy atom. The lowest BCUT2D eigenvalue weighted by molar-refractivity contribution is 0.0640. The average Bonchev–Trinajstić information content (AvgIpc) is 2.46. The average molecular weight is 250 g/mol. The van der Waals surface area contributed by atoms with Crippen molar-refractivity contribution >= 4 is 0 Å². The van der Waals surface area contributed by atoms with E-state index in [-0.39, 0.29) is 0 Å². The quantitative estimate of drug-likeness (QED) is 0.804. The monoisotopic (exact) mass is 250 g/mol. The molecular formula is C15H22O3. The highest BCUT2D eigenvalue weighted by molar-refractivity contribution is 5.40. The van der Waals surface area contributed by atoms with E-state index in [1.165, 1.54) is 24.8 Å². The zero-order chi connectivity index (χ0) is 12.8. The van der Waals surface area contributed by atoms with Crippen molar-refractivity contribution in [2.45, 2.75) is 25.7 Å². The minimum atomic E-state index is 0.797. The van der Waals surface area contributed by atoms with Gasteiger partial charge in [0.25, 0.3) is 0 Å². The van der Waals surface area contributed by atoms with E-state index >= 15 is 0 Å². The van der Waals surface area contributed by atoms with Gasteiger partial charge in [0, 0.05) is 19.3 Å². The van der Waals surface area contributed by atoms with Crippen molar-refractivity contribution in [1.29, 1.82) is 0 Å². The maximum Gasteiger partial charge on any atom is 0.125 e. The first-order valence-electron chi connectivity index (χ1n) is 6.62. The number of methoxy groups -OCH3 is 2. The van der Waals surface area contributed by atoms with Gasteiger partial charge in [-0.1, -0.05) is 6.07 Å². The molecule has 1 aromatic rings. The highest BCUT2D eigenvalue weighted by Crippen LogP contribution is 2.28. The first-order chi connectivity index (χ1) is 8.83. The molecular weight excluding hydrogens is 228 g/mol. The molecule has 0 N–H and O–H groups in total. The predicted octanol–water partition coefficient (Wildman–Crippen LogP) is 3.06. The van der Waals surface area contributed by atoms with Crippen LogP contribution in [0, 0.1) is 5.92 Å². The Morgan fingerprint density at radius 2 is 1.94 bits per heavy atom. The highest BCUT2D eigenvalue weighted by atomic mass is 16.5. The summed E-state index contributed by atoms with van der Waals surface area (Å²) in [4.78, 5) is 0. The van der Waals surface area contributed by atoms with E-state index in [9.17, 15) is 0 Å². The summed E-state index contributed by atoms with van der Waals surface area (Å²) in [5.74, 6) is 2.58. The van der Waals surface area contributed by atoms with Crippen molar-refractivity contribution in [3.8, 4) is 11.5 Å². The van der Waals surface area contributed by atoms with E-state index in [2.05, 4.69) is 6.07 Å². The van der Waals surface area contributed by atoms with Gasteiger partial charge in [-0.3, -0.25) is 0 Å². The second kappa shape index (κ2) is 6.64. The van der Waals surface area contributed by atoms with Gasteiger partial charge in [-0.25, -0.2) is 0 Å². The third kappa shape index (κ3) is 3.39. The SMILES string of the molecule is COc1ccc(CCC2CCOCC2)c(OC)c1. The molecule has 1 heterocycles. The van der Waals surface area contributed by atoms with Crippen LogP contribution in [-0.2, 0) is 11.2 Å². The largest absolute Gasteiger partial charge is 0.497 e. The molecule has 18 heavy (non-hydrogen) atoms. The molecule has 3 nitrogen and oxygen atoms in total. The van der Waals surface area contributed by atoms with Crippen LogP contribution >= 0.6 is 0 Å². The topological polar surface area (TPSA) is 27.7 Å². The first-order valence-corrected chi connectivity index (χ1v) is 6.62. The summed E-state index contributed by atoms with van der Waals surface area (Å²) < 4.78 is 16.0. The predicted molar refractivity (Wildman–Crippen MR) is 71.4 cm³/mol. The third-order valence-corrected chi connectivity index (χ3v) is 3.66. The molecule has 1 aliphatic rings. The molecule has 3 heteroatoms. The molecule has 2 rings (SSSR count). The van der Waals surface area contributed by atoms with E-state index in [0.717, 1.165) is 37.1 Å². The fraction of sp³-hybridized carbons (Fsp3) is 0.600. The first kappa shape index (κ1) is 13.2. The van der Waals surface area contributed by atoms with E-state index in [0.29, 0.717) is 0 Å².